The van der Waals surface area contributed by atoms with Gasteiger partial charge in [0.1, 0.15) is 0 Å². The summed E-state index contributed by atoms with van der Waals surface area (Å²) in [4.78, 5) is 0. The fourth-order valence-electron chi connectivity index (χ4n) is 1.59. The topological polar surface area (TPSA) is 18.5 Å². The Hall–Kier alpha value is -1.30. The van der Waals surface area contributed by atoms with Crippen molar-refractivity contribution in [3.63, 3.8) is 0 Å². The number of hydrogen-bond acceptors (Lipinski definition) is 2. The van der Waals surface area contributed by atoms with Crippen LogP contribution in [0.5, 0.6) is 0 Å². The Morgan fingerprint density at radius 1 is 1.33 bits per heavy atom. The molecule has 0 bridgehead atoms. The molecule has 0 saturated carbocycles. The molecule has 1 aromatic carbocycles. The summed E-state index contributed by atoms with van der Waals surface area (Å²) in [6, 6.07) is 8.22. The highest BCUT2D eigenvalue weighted by Crippen LogP contribution is 2.23. The van der Waals surface area contributed by atoms with Gasteiger partial charge in [0, 0.05) is 12.0 Å². The summed E-state index contributed by atoms with van der Waals surface area (Å²) in [5.41, 5.74) is 2.30. The van der Waals surface area contributed by atoms with Gasteiger partial charge in [0.25, 0.3) is 0 Å². The van der Waals surface area contributed by atoms with E-state index in [0.717, 1.165) is 12.0 Å². The molecule has 0 spiro atoms. The molecule has 0 N–H and O–H groups in total. The molecule has 78 valence electrons. The molecular formula is C13H14O2. The van der Waals surface area contributed by atoms with Gasteiger partial charge in [-0.2, -0.15) is 0 Å². The molecule has 1 heterocycles. The lowest BCUT2D eigenvalue weighted by Gasteiger charge is -2.09. The third-order valence-electron chi connectivity index (χ3n) is 2.31. The Kier molecular flexibility index (Phi) is 3.39. The SMILES string of the molecule is CC#CCc1cccc(C2OCCO2)c1. The fourth-order valence-corrected chi connectivity index (χ4v) is 1.59. The van der Waals surface area contributed by atoms with E-state index in [-0.39, 0.29) is 6.29 Å². The van der Waals surface area contributed by atoms with Gasteiger partial charge in [-0.1, -0.05) is 24.1 Å². The van der Waals surface area contributed by atoms with Gasteiger partial charge >= 0.3 is 0 Å². The first kappa shape index (κ1) is 10.2. The number of rotatable bonds is 2. The van der Waals surface area contributed by atoms with Crippen LogP contribution in [-0.4, -0.2) is 13.2 Å². The molecule has 1 aromatic rings. The Morgan fingerprint density at radius 2 is 2.13 bits per heavy atom. The molecule has 1 aliphatic heterocycles. The van der Waals surface area contributed by atoms with Crippen molar-refractivity contribution in [2.75, 3.05) is 13.2 Å². The minimum absolute atomic E-state index is 0.181. The third-order valence-corrected chi connectivity index (χ3v) is 2.31. The van der Waals surface area contributed by atoms with E-state index < -0.39 is 0 Å². The van der Waals surface area contributed by atoms with E-state index in [2.05, 4.69) is 24.0 Å². The van der Waals surface area contributed by atoms with Crippen LogP contribution in [0.1, 0.15) is 24.3 Å². The maximum Gasteiger partial charge on any atom is 0.184 e. The molecule has 2 rings (SSSR count). The van der Waals surface area contributed by atoms with Gasteiger partial charge in [0.05, 0.1) is 13.2 Å². The van der Waals surface area contributed by atoms with E-state index in [1.54, 1.807) is 0 Å². The molecule has 0 atom stereocenters. The predicted molar refractivity (Wildman–Crippen MR) is 58.2 cm³/mol. The van der Waals surface area contributed by atoms with Crippen LogP contribution in [-0.2, 0) is 15.9 Å². The third kappa shape index (κ3) is 2.59. The summed E-state index contributed by atoms with van der Waals surface area (Å²) in [6.07, 6.45) is 0.608. The Labute approximate surface area is 90.2 Å². The lowest BCUT2D eigenvalue weighted by molar-refractivity contribution is -0.0441. The summed E-state index contributed by atoms with van der Waals surface area (Å²) in [5, 5.41) is 0. The maximum atomic E-state index is 5.44. The lowest BCUT2D eigenvalue weighted by Crippen LogP contribution is -1.98. The summed E-state index contributed by atoms with van der Waals surface area (Å²) in [7, 11) is 0. The van der Waals surface area contributed by atoms with Crippen LogP contribution in [0.15, 0.2) is 24.3 Å². The minimum atomic E-state index is -0.181. The number of hydrogen-bond donors (Lipinski definition) is 0. The minimum Gasteiger partial charge on any atom is -0.346 e. The highest BCUT2D eigenvalue weighted by atomic mass is 16.7. The van der Waals surface area contributed by atoms with Crippen molar-refractivity contribution in [1.82, 2.24) is 0 Å². The van der Waals surface area contributed by atoms with Gasteiger partial charge in [-0.15, -0.1) is 5.92 Å². The van der Waals surface area contributed by atoms with Gasteiger partial charge < -0.3 is 9.47 Å². The molecular weight excluding hydrogens is 188 g/mol. The fraction of sp³-hybridized carbons (Fsp3) is 0.385. The molecule has 15 heavy (non-hydrogen) atoms. The van der Waals surface area contributed by atoms with Gasteiger partial charge in [-0.3, -0.25) is 0 Å². The van der Waals surface area contributed by atoms with Crippen molar-refractivity contribution in [3.05, 3.63) is 35.4 Å². The zero-order valence-electron chi connectivity index (χ0n) is 8.82. The molecule has 2 nitrogen and oxygen atoms in total. The molecule has 1 fully saturated rings. The smallest absolute Gasteiger partial charge is 0.184 e. The van der Waals surface area contributed by atoms with Gasteiger partial charge in [-0.25, -0.2) is 0 Å². The van der Waals surface area contributed by atoms with Crippen LogP contribution in [0.4, 0.5) is 0 Å². The van der Waals surface area contributed by atoms with Crippen molar-refractivity contribution in [1.29, 1.82) is 0 Å². The molecule has 1 aliphatic rings. The van der Waals surface area contributed by atoms with Crippen LogP contribution in [0, 0.1) is 11.8 Å². The first-order valence-electron chi connectivity index (χ1n) is 5.12. The first-order chi connectivity index (χ1) is 7.40. The highest BCUT2D eigenvalue weighted by Gasteiger charge is 2.17. The number of ether oxygens (including phenoxy) is 2. The Balaban J connectivity index is 2.13. The average Bonchev–Trinajstić information content (AvgIpc) is 2.80. The second-order valence-electron chi connectivity index (χ2n) is 3.42. The van der Waals surface area contributed by atoms with E-state index in [0.29, 0.717) is 13.2 Å². The summed E-state index contributed by atoms with van der Waals surface area (Å²) < 4.78 is 10.9. The van der Waals surface area contributed by atoms with E-state index >= 15 is 0 Å². The van der Waals surface area contributed by atoms with Crippen molar-refractivity contribution >= 4 is 0 Å². The van der Waals surface area contributed by atoms with Crippen LogP contribution >= 0.6 is 0 Å². The maximum absolute atomic E-state index is 5.44. The van der Waals surface area contributed by atoms with Crippen molar-refractivity contribution < 1.29 is 9.47 Å². The molecule has 2 heteroatoms. The summed E-state index contributed by atoms with van der Waals surface area (Å²) >= 11 is 0. The molecule has 1 saturated heterocycles. The zero-order chi connectivity index (χ0) is 10.5. The van der Waals surface area contributed by atoms with Crippen molar-refractivity contribution in [2.45, 2.75) is 19.6 Å². The van der Waals surface area contributed by atoms with Crippen molar-refractivity contribution in [2.24, 2.45) is 0 Å². The molecule has 0 aliphatic carbocycles. The Bertz CT molecular complexity index is 381. The monoisotopic (exact) mass is 202 g/mol. The molecule has 0 aromatic heterocycles. The van der Waals surface area contributed by atoms with Crippen LogP contribution in [0.2, 0.25) is 0 Å². The second-order valence-corrected chi connectivity index (χ2v) is 3.42. The van der Waals surface area contributed by atoms with E-state index in [9.17, 15) is 0 Å². The zero-order valence-corrected chi connectivity index (χ0v) is 8.82. The standard InChI is InChI=1S/C13H14O2/c1-2-3-5-11-6-4-7-12(10-11)13-14-8-9-15-13/h4,6-7,10,13H,5,8-9H2,1H3. The lowest BCUT2D eigenvalue weighted by atomic mass is 10.1. The number of benzene rings is 1. The van der Waals surface area contributed by atoms with E-state index in [1.807, 2.05) is 19.1 Å². The van der Waals surface area contributed by atoms with Crippen LogP contribution in [0.25, 0.3) is 0 Å². The van der Waals surface area contributed by atoms with E-state index in [4.69, 9.17) is 9.47 Å². The van der Waals surface area contributed by atoms with Gasteiger partial charge in [-0.05, 0) is 18.6 Å². The average molecular weight is 202 g/mol. The molecule has 0 amide bonds. The quantitative estimate of drug-likeness (QED) is 0.685. The van der Waals surface area contributed by atoms with Crippen molar-refractivity contribution in [3.8, 4) is 11.8 Å². The van der Waals surface area contributed by atoms with E-state index in [1.165, 1.54) is 5.56 Å². The van der Waals surface area contributed by atoms with Gasteiger partial charge in [0.15, 0.2) is 6.29 Å². The van der Waals surface area contributed by atoms with Crippen LogP contribution < -0.4 is 0 Å². The predicted octanol–water partition coefficient (Wildman–Crippen LogP) is 2.30. The Morgan fingerprint density at radius 3 is 2.87 bits per heavy atom. The molecule has 0 radical (unpaired) electrons. The normalized spacial score (nSPS) is 16.1. The molecule has 0 unspecified atom stereocenters. The summed E-state index contributed by atoms with van der Waals surface area (Å²) in [5.74, 6) is 5.94. The first-order valence-corrected chi connectivity index (χ1v) is 5.12. The van der Waals surface area contributed by atoms with Gasteiger partial charge in [0.2, 0.25) is 0 Å². The van der Waals surface area contributed by atoms with Crippen LogP contribution in [0.3, 0.4) is 0 Å². The second kappa shape index (κ2) is 4.97. The highest BCUT2D eigenvalue weighted by molar-refractivity contribution is 5.27. The largest absolute Gasteiger partial charge is 0.346 e. The summed E-state index contributed by atoms with van der Waals surface area (Å²) in [6.45, 7) is 3.22.